The SMILES string of the molecule is CCOC(=O)C(Oc1ccc2c(c1)C[NH2+]CC2)c1ccc(OC2CCN(C(C)=O)CC2)cc1.[Cl-]. The number of fused-ring (bicyclic) bond motifs is 1. The summed E-state index contributed by atoms with van der Waals surface area (Å²) in [6.45, 7) is 7.14. The fourth-order valence-electron chi connectivity index (χ4n) is 4.43. The van der Waals surface area contributed by atoms with Crippen molar-refractivity contribution >= 4 is 11.9 Å². The lowest BCUT2D eigenvalue weighted by molar-refractivity contribution is -0.673. The number of rotatable bonds is 7. The highest BCUT2D eigenvalue weighted by molar-refractivity contribution is 5.77. The molecular formula is C26H33ClN2O5. The summed E-state index contributed by atoms with van der Waals surface area (Å²) in [5.74, 6) is 1.11. The minimum absolute atomic E-state index is 0. The van der Waals surface area contributed by atoms with Gasteiger partial charge in [0.15, 0.2) is 0 Å². The number of piperidine rings is 1. The van der Waals surface area contributed by atoms with Crippen molar-refractivity contribution < 1.29 is 41.5 Å². The molecule has 0 radical (unpaired) electrons. The summed E-state index contributed by atoms with van der Waals surface area (Å²) in [6, 6.07) is 13.5. The molecular weight excluding hydrogens is 456 g/mol. The van der Waals surface area contributed by atoms with E-state index in [9.17, 15) is 9.59 Å². The molecule has 1 amide bonds. The summed E-state index contributed by atoms with van der Waals surface area (Å²) in [7, 11) is 0. The molecule has 2 N–H and O–H groups in total. The van der Waals surface area contributed by atoms with Crippen LogP contribution in [0.3, 0.4) is 0 Å². The molecule has 2 aromatic rings. The number of nitrogens with zero attached hydrogens (tertiary/aromatic N) is 1. The molecule has 2 heterocycles. The van der Waals surface area contributed by atoms with E-state index in [0.717, 1.165) is 56.8 Å². The number of halogens is 1. The van der Waals surface area contributed by atoms with E-state index in [1.165, 1.54) is 11.1 Å². The van der Waals surface area contributed by atoms with Crippen molar-refractivity contribution in [3.8, 4) is 11.5 Å². The van der Waals surface area contributed by atoms with Gasteiger partial charge < -0.3 is 36.8 Å². The van der Waals surface area contributed by atoms with Crippen LogP contribution in [0.15, 0.2) is 42.5 Å². The third-order valence-corrected chi connectivity index (χ3v) is 6.29. The molecule has 0 saturated carbocycles. The Kier molecular flexibility index (Phi) is 9.19. The molecule has 0 aliphatic carbocycles. The van der Waals surface area contributed by atoms with Crippen LogP contribution in [0, 0.1) is 0 Å². The highest BCUT2D eigenvalue weighted by Gasteiger charge is 2.26. The van der Waals surface area contributed by atoms with Gasteiger partial charge in [-0.3, -0.25) is 4.79 Å². The van der Waals surface area contributed by atoms with Gasteiger partial charge in [-0.2, -0.15) is 0 Å². The van der Waals surface area contributed by atoms with Crippen LogP contribution in [0.25, 0.3) is 0 Å². The fourth-order valence-corrected chi connectivity index (χ4v) is 4.43. The van der Waals surface area contributed by atoms with Gasteiger partial charge in [-0.1, -0.05) is 18.2 Å². The van der Waals surface area contributed by atoms with E-state index >= 15 is 0 Å². The van der Waals surface area contributed by atoms with Gasteiger partial charge in [-0.05, 0) is 36.8 Å². The van der Waals surface area contributed by atoms with Gasteiger partial charge >= 0.3 is 5.97 Å². The number of hydrogen-bond acceptors (Lipinski definition) is 5. The Morgan fingerprint density at radius 2 is 1.76 bits per heavy atom. The Hall–Kier alpha value is -2.77. The van der Waals surface area contributed by atoms with Crippen molar-refractivity contribution in [3.05, 3.63) is 59.2 Å². The molecule has 7 nitrogen and oxygen atoms in total. The minimum atomic E-state index is -0.844. The second-order valence-corrected chi connectivity index (χ2v) is 8.60. The van der Waals surface area contributed by atoms with E-state index in [-0.39, 0.29) is 31.0 Å². The Morgan fingerprint density at radius 1 is 1.06 bits per heavy atom. The lowest BCUT2D eigenvalue weighted by atomic mass is 10.0. The van der Waals surface area contributed by atoms with Gasteiger partial charge in [0.25, 0.3) is 0 Å². The van der Waals surface area contributed by atoms with Crippen LogP contribution in [-0.2, 0) is 27.3 Å². The van der Waals surface area contributed by atoms with Crippen LogP contribution >= 0.6 is 0 Å². The van der Waals surface area contributed by atoms with E-state index in [1.807, 2.05) is 41.3 Å². The van der Waals surface area contributed by atoms with E-state index in [4.69, 9.17) is 14.2 Å². The van der Waals surface area contributed by atoms with Crippen LogP contribution in [0.5, 0.6) is 11.5 Å². The average Bonchev–Trinajstić information content (AvgIpc) is 2.83. The van der Waals surface area contributed by atoms with Crippen LogP contribution < -0.4 is 27.2 Å². The molecule has 2 aromatic carbocycles. The van der Waals surface area contributed by atoms with Crippen molar-refractivity contribution in [2.75, 3.05) is 26.2 Å². The first-order chi connectivity index (χ1) is 16.0. The predicted molar refractivity (Wildman–Crippen MR) is 123 cm³/mol. The standard InChI is InChI=1S/C26H32N2O5.ClH/c1-3-31-26(30)25(33-24-9-4-19-10-13-27-17-21(19)16-24)20-5-7-22(8-6-20)32-23-11-14-28(15-12-23)18(2)29;/h4-9,16,23,25,27H,3,10-15,17H2,1-2H3;1H. The second kappa shape index (κ2) is 12.1. The van der Waals surface area contributed by atoms with Crippen molar-refractivity contribution in [3.63, 3.8) is 0 Å². The number of likely N-dealkylation sites (tertiary alicyclic amines) is 1. The number of esters is 1. The van der Waals surface area contributed by atoms with E-state index < -0.39 is 12.1 Å². The third-order valence-electron chi connectivity index (χ3n) is 6.29. The number of hydrogen-bond donors (Lipinski definition) is 1. The van der Waals surface area contributed by atoms with Crippen LogP contribution in [-0.4, -0.2) is 49.1 Å². The number of carbonyl (C=O) groups is 2. The first-order valence-corrected chi connectivity index (χ1v) is 11.8. The third kappa shape index (κ3) is 6.42. The van der Waals surface area contributed by atoms with Crippen LogP contribution in [0.4, 0.5) is 0 Å². The molecule has 1 saturated heterocycles. The number of nitrogens with two attached hydrogens (primary N) is 1. The number of carbonyl (C=O) groups excluding carboxylic acids is 2. The molecule has 1 unspecified atom stereocenters. The Morgan fingerprint density at radius 3 is 2.44 bits per heavy atom. The maximum absolute atomic E-state index is 12.7. The highest BCUT2D eigenvalue weighted by Crippen LogP contribution is 2.28. The molecule has 34 heavy (non-hydrogen) atoms. The van der Waals surface area contributed by atoms with Gasteiger partial charge in [0, 0.05) is 50.4 Å². The molecule has 4 rings (SSSR count). The van der Waals surface area contributed by atoms with E-state index in [1.54, 1.807) is 13.8 Å². The minimum Gasteiger partial charge on any atom is -1.00 e. The lowest BCUT2D eigenvalue weighted by Gasteiger charge is -2.31. The first-order valence-electron chi connectivity index (χ1n) is 11.8. The topological polar surface area (TPSA) is 81.7 Å². The molecule has 0 aromatic heterocycles. The predicted octanol–water partition coefficient (Wildman–Crippen LogP) is -0.617. The van der Waals surface area contributed by atoms with Crippen molar-refractivity contribution in [1.29, 1.82) is 0 Å². The quantitative estimate of drug-likeness (QED) is 0.526. The second-order valence-electron chi connectivity index (χ2n) is 8.60. The molecule has 0 spiro atoms. The molecule has 1 fully saturated rings. The van der Waals surface area contributed by atoms with Gasteiger partial charge in [0.1, 0.15) is 24.1 Å². The molecule has 8 heteroatoms. The smallest absolute Gasteiger partial charge is 0.352 e. The monoisotopic (exact) mass is 488 g/mol. The van der Waals surface area contributed by atoms with Crippen LogP contribution in [0.2, 0.25) is 0 Å². The maximum Gasteiger partial charge on any atom is 0.352 e. The zero-order valence-electron chi connectivity index (χ0n) is 19.8. The molecule has 1 atom stereocenters. The molecule has 0 bridgehead atoms. The zero-order chi connectivity index (χ0) is 23.2. The van der Waals surface area contributed by atoms with Crippen molar-refractivity contribution in [2.24, 2.45) is 0 Å². The average molecular weight is 489 g/mol. The lowest BCUT2D eigenvalue weighted by Crippen LogP contribution is -3.00. The Labute approximate surface area is 207 Å². The summed E-state index contributed by atoms with van der Waals surface area (Å²) in [4.78, 5) is 26.1. The fraction of sp³-hybridized carbons (Fsp3) is 0.462. The van der Waals surface area contributed by atoms with Gasteiger partial charge in [-0.15, -0.1) is 0 Å². The summed E-state index contributed by atoms with van der Waals surface area (Å²) in [6.07, 6.45) is 1.91. The largest absolute Gasteiger partial charge is 1.00 e. The summed E-state index contributed by atoms with van der Waals surface area (Å²) < 4.78 is 17.5. The normalized spacial score (nSPS) is 16.6. The van der Waals surface area contributed by atoms with E-state index in [2.05, 4.69) is 11.4 Å². The van der Waals surface area contributed by atoms with Crippen molar-refractivity contribution in [1.82, 2.24) is 4.90 Å². The number of benzene rings is 2. The van der Waals surface area contributed by atoms with Crippen LogP contribution in [0.1, 0.15) is 49.5 Å². The Bertz CT molecular complexity index is 974. The summed E-state index contributed by atoms with van der Waals surface area (Å²) >= 11 is 0. The molecule has 184 valence electrons. The molecule has 2 aliphatic rings. The number of ether oxygens (including phenoxy) is 3. The van der Waals surface area contributed by atoms with Gasteiger partial charge in [-0.25, -0.2) is 4.79 Å². The van der Waals surface area contributed by atoms with E-state index in [0.29, 0.717) is 5.75 Å². The maximum atomic E-state index is 12.7. The van der Waals surface area contributed by atoms with Crippen molar-refractivity contribution in [2.45, 2.75) is 51.9 Å². The number of quaternary nitrogens is 1. The summed E-state index contributed by atoms with van der Waals surface area (Å²) in [5.41, 5.74) is 3.31. The number of amides is 1. The van der Waals surface area contributed by atoms with Gasteiger partial charge in [0.2, 0.25) is 12.0 Å². The zero-order valence-corrected chi connectivity index (χ0v) is 20.6. The highest BCUT2D eigenvalue weighted by atomic mass is 35.5. The first kappa shape index (κ1) is 25.8. The van der Waals surface area contributed by atoms with Gasteiger partial charge in [0.05, 0.1) is 13.2 Å². The Balaban J connectivity index is 0.00000324. The molecule has 2 aliphatic heterocycles. The summed E-state index contributed by atoms with van der Waals surface area (Å²) in [5, 5.41) is 2.28.